The van der Waals surface area contributed by atoms with Crippen LogP contribution in [-0.2, 0) is 6.54 Å². The van der Waals surface area contributed by atoms with Gasteiger partial charge in [-0.05, 0) is 17.7 Å². The number of halogens is 2. The predicted octanol–water partition coefficient (Wildman–Crippen LogP) is 3.13. The van der Waals surface area contributed by atoms with Gasteiger partial charge in [0, 0.05) is 31.8 Å². The van der Waals surface area contributed by atoms with Gasteiger partial charge in [0.05, 0.1) is 11.4 Å². The predicted molar refractivity (Wildman–Crippen MR) is 78.5 cm³/mol. The fourth-order valence-electron chi connectivity index (χ4n) is 2.80. The number of rotatable bonds is 2. The zero-order chi connectivity index (χ0) is 15.1. The summed E-state index contributed by atoms with van der Waals surface area (Å²) in [6, 6.07) is 7.84. The maximum Gasteiger partial charge on any atom is 0.231 e. The first-order valence-corrected chi connectivity index (χ1v) is 7.07. The lowest BCUT2D eigenvalue weighted by atomic mass is 10.1. The van der Waals surface area contributed by atoms with Gasteiger partial charge in [-0.2, -0.15) is 0 Å². The van der Waals surface area contributed by atoms with Crippen molar-refractivity contribution in [1.29, 1.82) is 0 Å². The number of hydrogen-bond donors (Lipinski definition) is 1. The van der Waals surface area contributed by atoms with Crippen molar-refractivity contribution in [2.75, 3.05) is 30.1 Å². The summed E-state index contributed by atoms with van der Waals surface area (Å²) in [4.78, 5) is 2.11. The first-order chi connectivity index (χ1) is 10.7. The van der Waals surface area contributed by atoms with E-state index in [-0.39, 0.29) is 6.79 Å². The van der Waals surface area contributed by atoms with E-state index in [2.05, 4.69) is 10.2 Å². The smallest absolute Gasteiger partial charge is 0.231 e. The van der Waals surface area contributed by atoms with Gasteiger partial charge in [-0.1, -0.05) is 6.07 Å². The highest BCUT2D eigenvalue weighted by molar-refractivity contribution is 5.77. The zero-order valence-corrected chi connectivity index (χ0v) is 11.7. The highest BCUT2D eigenvalue weighted by Gasteiger charge is 2.23. The van der Waals surface area contributed by atoms with Crippen LogP contribution in [-0.4, -0.2) is 19.9 Å². The molecular weight excluding hydrogens is 290 g/mol. The van der Waals surface area contributed by atoms with Crippen LogP contribution in [0.4, 0.5) is 20.2 Å². The molecule has 4 nitrogen and oxygen atoms in total. The van der Waals surface area contributed by atoms with Crippen molar-refractivity contribution in [1.82, 2.24) is 0 Å². The summed E-state index contributed by atoms with van der Waals surface area (Å²) in [5.74, 6) is -0.218. The molecule has 114 valence electrons. The van der Waals surface area contributed by atoms with E-state index < -0.39 is 11.6 Å². The van der Waals surface area contributed by atoms with Crippen molar-refractivity contribution in [3.63, 3.8) is 0 Å². The number of fused-ring (bicyclic) bond motifs is 2. The van der Waals surface area contributed by atoms with E-state index in [0.717, 1.165) is 41.8 Å². The molecule has 0 fully saturated rings. The van der Waals surface area contributed by atoms with Crippen molar-refractivity contribution in [2.24, 2.45) is 0 Å². The molecule has 0 atom stereocenters. The molecule has 0 amide bonds. The van der Waals surface area contributed by atoms with Crippen molar-refractivity contribution in [3.8, 4) is 11.5 Å². The van der Waals surface area contributed by atoms with E-state index in [1.54, 1.807) is 6.07 Å². The Hall–Kier alpha value is -2.50. The van der Waals surface area contributed by atoms with Crippen LogP contribution in [0.2, 0.25) is 0 Å². The summed E-state index contributed by atoms with van der Waals surface area (Å²) in [6.07, 6.45) is 0. The molecule has 2 aromatic carbocycles. The Morgan fingerprint density at radius 2 is 1.86 bits per heavy atom. The second kappa shape index (κ2) is 5.05. The average Bonchev–Trinajstić information content (AvgIpc) is 2.96. The molecular formula is C16H14F2N2O2. The molecule has 0 aromatic heterocycles. The third-order valence-electron chi connectivity index (χ3n) is 3.89. The van der Waals surface area contributed by atoms with Crippen molar-refractivity contribution in [2.45, 2.75) is 6.54 Å². The van der Waals surface area contributed by atoms with E-state index >= 15 is 0 Å². The number of benzene rings is 2. The Bertz CT molecular complexity index is 736. The van der Waals surface area contributed by atoms with E-state index in [1.165, 1.54) is 6.07 Å². The van der Waals surface area contributed by atoms with Crippen molar-refractivity contribution in [3.05, 3.63) is 47.5 Å². The number of anilines is 2. The van der Waals surface area contributed by atoms with Gasteiger partial charge in [-0.15, -0.1) is 0 Å². The van der Waals surface area contributed by atoms with Gasteiger partial charge in [0.2, 0.25) is 6.79 Å². The Kier molecular flexibility index (Phi) is 3.03. The van der Waals surface area contributed by atoms with Crippen LogP contribution in [0.15, 0.2) is 30.3 Å². The van der Waals surface area contributed by atoms with Gasteiger partial charge in [-0.25, -0.2) is 8.78 Å². The van der Waals surface area contributed by atoms with Crippen molar-refractivity contribution < 1.29 is 18.3 Å². The molecule has 0 radical (unpaired) electrons. The molecule has 22 heavy (non-hydrogen) atoms. The third kappa shape index (κ3) is 2.20. The van der Waals surface area contributed by atoms with Gasteiger partial charge < -0.3 is 19.7 Å². The summed E-state index contributed by atoms with van der Waals surface area (Å²) in [7, 11) is 0. The second-order valence-electron chi connectivity index (χ2n) is 5.32. The van der Waals surface area contributed by atoms with E-state index in [4.69, 9.17) is 9.47 Å². The monoisotopic (exact) mass is 304 g/mol. The average molecular weight is 304 g/mol. The second-order valence-corrected chi connectivity index (χ2v) is 5.32. The lowest BCUT2D eigenvalue weighted by molar-refractivity contribution is 0.174. The largest absolute Gasteiger partial charge is 0.454 e. The highest BCUT2D eigenvalue weighted by atomic mass is 19.2. The van der Waals surface area contributed by atoms with Crippen LogP contribution in [0.5, 0.6) is 11.5 Å². The molecule has 0 spiro atoms. The summed E-state index contributed by atoms with van der Waals surface area (Å²) in [5.41, 5.74) is 2.66. The Balaban J connectivity index is 1.65. The van der Waals surface area contributed by atoms with E-state index in [9.17, 15) is 8.78 Å². The quantitative estimate of drug-likeness (QED) is 0.924. The molecule has 0 aliphatic carbocycles. The minimum Gasteiger partial charge on any atom is -0.454 e. The molecule has 2 aliphatic heterocycles. The molecule has 0 bridgehead atoms. The molecule has 2 heterocycles. The lowest BCUT2D eigenvalue weighted by Crippen LogP contribution is -2.33. The summed E-state index contributed by atoms with van der Waals surface area (Å²) in [6.45, 7) is 2.27. The number of nitrogens with one attached hydrogen (secondary N) is 1. The molecule has 1 N–H and O–H groups in total. The first-order valence-electron chi connectivity index (χ1n) is 7.07. The van der Waals surface area contributed by atoms with E-state index in [1.807, 2.05) is 12.1 Å². The molecule has 6 heteroatoms. The fraction of sp³-hybridized carbons (Fsp3) is 0.250. The van der Waals surface area contributed by atoms with Crippen LogP contribution in [0, 0.1) is 11.6 Å². The van der Waals surface area contributed by atoms with Crippen LogP contribution in [0.3, 0.4) is 0 Å². The normalized spacial score (nSPS) is 15.5. The SMILES string of the molecule is Fc1ccc(CN2CCNc3cc4c(cc32)OCO4)cc1F. The van der Waals surface area contributed by atoms with Crippen molar-refractivity contribution >= 4 is 11.4 Å². The Morgan fingerprint density at radius 3 is 2.68 bits per heavy atom. The maximum atomic E-state index is 13.4. The molecule has 0 unspecified atom stereocenters. The third-order valence-corrected chi connectivity index (χ3v) is 3.89. The summed E-state index contributed by atoms with van der Waals surface area (Å²) < 4.78 is 37.2. The first kappa shape index (κ1) is 13.2. The van der Waals surface area contributed by atoms with Gasteiger partial charge in [0.25, 0.3) is 0 Å². The molecule has 2 aliphatic rings. The Labute approximate surface area is 126 Å². The van der Waals surface area contributed by atoms with Gasteiger partial charge in [-0.3, -0.25) is 0 Å². The van der Waals surface area contributed by atoms with Crippen LogP contribution in [0.1, 0.15) is 5.56 Å². The molecule has 2 aromatic rings. The zero-order valence-electron chi connectivity index (χ0n) is 11.7. The number of hydrogen-bond acceptors (Lipinski definition) is 4. The van der Waals surface area contributed by atoms with Gasteiger partial charge in [0.1, 0.15) is 0 Å². The number of ether oxygens (including phenoxy) is 2. The number of nitrogens with zero attached hydrogens (tertiary/aromatic N) is 1. The molecule has 0 saturated heterocycles. The van der Waals surface area contributed by atoms with Crippen LogP contribution in [0.25, 0.3) is 0 Å². The fourth-order valence-corrected chi connectivity index (χ4v) is 2.80. The Morgan fingerprint density at radius 1 is 1.05 bits per heavy atom. The molecule has 0 saturated carbocycles. The van der Waals surface area contributed by atoms with Gasteiger partial charge >= 0.3 is 0 Å². The van der Waals surface area contributed by atoms with Crippen LogP contribution >= 0.6 is 0 Å². The van der Waals surface area contributed by atoms with Crippen LogP contribution < -0.4 is 19.7 Å². The molecule has 4 rings (SSSR count). The topological polar surface area (TPSA) is 33.7 Å². The summed E-state index contributed by atoms with van der Waals surface area (Å²) >= 11 is 0. The minimum atomic E-state index is -0.826. The lowest BCUT2D eigenvalue weighted by Gasteiger charge is -2.32. The summed E-state index contributed by atoms with van der Waals surface area (Å²) in [5, 5.41) is 3.32. The maximum absolute atomic E-state index is 13.4. The van der Waals surface area contributed by atoms with E-state index in [0.29, 0.717) is 12.3 Å². The standard InChI is InChI=1S/C16H14F2N2O2/c17-11-2-1-10(5-12(11)18)8-20-4-3-19-13-6-15-16(7-14(13)20)22-9-21-15/h1-2,5-7,19H,3-4,8-9H2. The minimum absolute atomic E-state index is 0.224. The van der Waals surface area contributed by atoms with Gasteiger partial charge in [0.15, 0.2) is 23.1 Å². The highest BCUT2D eigenvalue weighted by Crippen LogP contribution is 2.42.